The molecule has 3 aromatic carbocycles. The number of nitrogens with zero attached hydrogens (tertiary/aromatic N) is 1. The summed E-state index contributed by atoms with van der Waals surface area (Å²) in [5, 5.41) is 4.16. The van der Waals surface area contributed by atoms with Crippen LogP contribution in [-0.2, 0) is 11.3 Å². The number of carbonyl (C=O) groups excluding carboxylic acids is 1. The summed E-state index contributed by atoms with van der Waals surface area (Å²) >= 11 is 0. The van der Waals surface area contributed by atoms with E-state index in [0.29, 0.717) is 54.6 Å². The van der Waals surface area contributed by atoms with Gasteiger partial charge in [0.25, 0.3) is 0 Å². The molecule has 1 N–H and O–H groups in total. The molecule has 0 bridgehead atoms. The highest BCUT2D eigenvalue weighted by atomic mass is 16.5. The van der Waals surface area contributed by atoms with Crippen LogP contribution < -0.4 is 25.2 Å². The van der Waals surface area contributed by atoms with Crippen LogP contribution >= 0.6 is 0 Å². The first-order valence-electron chi connectivity index (χ1n) is 12.6. The summed E-state index contributed by atoms with van der Waals surface area (Å²) in [4.78, 5) is 27.1. The molecule has 0 aliphatic heterocycles. The van der Waals surface area contributed by atoms with Crippen molar-refractivity contribution in [2.45, 2.75) is 13.0 Å². The van der Waals surface area contributed by atoms with Crippen LogP contribution in [0, 0.1) is 0 Å². The van der Waals surface area contributed by atoms with Crippen LogP contribution in [0.15, 0.2) is 88.1 Å². The Hall–Kier alpha value is -4.72. The van der Waals surface area contributed by atoms with E-state index in [9.17, 15) is 9.59 Å². The van der Waals surface area contributed by atoms with Crippen LogP contribution in [0.4, 0.5) is 5.69 Å². The fraction of sp³-hybridized carbons (Fsp3) is 0.226. The molecule has 8 nitrogen and oxygen atoms in total. The van der Waals surface area contributed by atoms with Gasteiger partial charge in [-0.3, -0.25) is 4.79 Å². The molecule has 1 aromatic heterocycles. The van der Waals surface area contributed by atoms with Gasteiger partial charge in [0.1, 0.15) is 5.58 Å². The van der Waals surface area contributed by atoms with Crippen molar-refractivity contribution in [1.82, 2.24) is 4.90 Å². The Balaban J connectivity index is 1.47. The van der Waals surface area contributed by atoms with E-state index in [4.69, 9.17) is 18.6 Å². The predicted octanol–water partition coefficient (Wildman–Crippen LogP) is 5.36. The Morgan fingerprint density at radius 2 is 1.62 bits per heavy atom. The summed E-state index contributed by atoms with van der Waals surface area (Å²) in [7, 11) is 4.65. The van der Waals surface area contributed by atoms with Crippen molar-refractivity contribution in [3.8, 4) is 17.2 Å². The minimum Gasteiger partial charge on any atom is -0.493 e. The highest BCUT2D eigenvalue weighted by Gasteiger charge is 2.14. The second kappa shape index (κ2) is 13.2. The molecule has 4 aromatic rings. The van der Waals surface area contributed by atoms with Crippen molar-refractivity contribution in [1.29, 1.82) is 0 Å². The smallest absolute Gasteiger partial charge is 0.338 e. The third-order valence-corrected chi connectivity index (χ3v) is 6.20. The first-order chi connectivity index (χ1) is 19.0. The number of anilines is 1. The van der Waals surface area contributed by atoms with Crippen molar-refractivity contribution >= 4 is 28.6 Å². The van der Waals surface area contributed by atoms with Crippen molar-refractivity contribution in [3.05, 3.63) is 100 Å². The number of methoxy groups -OCH3 is 3. The number of ether oxygens (including phenoxy) is 3. The summed E-state index contributed by atoms with van der Waals surface area (Å²) in [5.74, 6) is 1.39. The molecule has 0 fully saturated rings. The Labute approximate surface area is 227 Å². The van der Waals surface area contributed by atoms with Gasteiger partial charge in [0.05, 0.1) is 27.0 Å². The zero-order chi connectivity index (χ0) is 27.6. The molecule has 39 heavy (non-hydrogen) atoms. The topological polar surface area (TPSA) is 90.2 Å². The lowest BCUT2D eigenvalue weighted by atomic mass is 10.1. The number of fused-ring (bicyclic) bond motifs is 1. The van der Waals surface area contributed by atoms with Gasteiger partial charge in [-0.15, -0.1) is 0 Å². The van der Waals surface area contributed by atoms with E-state index < -0.39 is 5.63 Å². The van der Waals surface area contributed by atoms with Gasteiger partial charge in [-0.05, 0) is 47.9 Å². The van der Waals surface area contributed by atoms with Gasteiger partial charge < -0.3 is 28.8 Å². The number of nitrogens with one attached hydrogen (secondary N) is 1. The molecule has 0 atom stereocenters. The van der Waals surface area contributed by atoms with Crippen molar-refractivity contribution in [3.63, 3.8) is 0 Å². The van der Waals surface area contributed by atoms with Gasteiger partial charge in [-0.25, -0.2) is 4.79 Å². The Morgan fingerprint density at radius 1 is 0.923 bits per heavy atom. The number of para-hydroxylation sites is 1. The number of hydrogen-bond acceptors (Lipinski definition) is 7. The summed E-state index contributed by atoms with van der Waals surface area (Å²) in [5.41, 5.74) is 2.62. The molecule has 4 rings (SSSR count). The largest absolute Gasteiger partial charge is 0.493 e. The lowest BCUT2D eigenvalue weighted by Gasteiger charge is -2.22. The number of benzene rings is 3. The van der Waals surface area contributed by atoms with E-state index in [-0.39, 0.29) is 5.91 Å². The molecule has 8 heteroatoms. The molecule has 0 saturated heterocycles. The average molecular weight is 529 g/mol. The van der Waals surface area contributed by atoms with Crippen LogP contribution in [0.5, 0.6) is 17.2 Å². The van der Waals surface area contributed by atoms with E-state index in [1.807, 2.05) is 48.5 Å². The summed E-state index contributed by atoms with van der Waals surface area (Å²) in [6.45, 7) is 1.55. The lowest BCUT2D eigenvalue weighted by molar-refractivity contribution is -0.126. The molecule has 0 unspecified atom stereocenters. The van der Waals surface area contributed by atoms with E-state index in [1.165, 1.54) is 6.07 Å². The number of hydrogen-bond donors (Lipinski definition) is 1. The van der Waals surface area contributed by atoms with Gasteiger partial charge in [0.15, 0.2) is 11.5 Å². The molecule has 0 spiro atoms. The van der Waals surface area contributed by atoms with Crippen LogP contribution in [0.25, 0.3) is 17.0 Å². The van der Waals surface area contributed by atoms with Crippen LogP contribution in [0.3, 0.4) is 0 Å². The van der Waals surface area contributed by atoms with Crippen LogP contribution in [0.2, 0.25) is 0 Å². The minimum atomic E-state index is -0.408. The first kappa shape index (κ1) is 27.3. The molecule has 1 amide bonds. The van der Waals surface area contributed by atoms with E-state index in [2.05, 4.69) is 5.32 Å². The normalized spacial score (nSPS) is 10.9. The van der Waals surface area contributed by atoms with Gasteiger partial charge in [-0.1, -0.05) is 42.5 Å². The highest BCUT2D eigenvalue weighted by molar-refractivity contribution is 5.92. The second-order valence-electron chi connectivity index (χ2n) is 8.79. The molecule has 0 radical (unpaired) electrons. The van der Waals surface area contributed by atoms with E-state index in [1.54, 1.807) is 56.6 Å². The SMILES string of the molecule is COc1cc(/C=C/C(=O)N(CCCNc2cc(=O)oc3ccccc23)Cc2ccccc2)cc(OC)c1OC. The van der Waals surface area contributed by atoms with Crippen molar-refractivity contribution in [2.24, 2.45) is 0 Å². The molecular weight excluding hydrogens is 496 g/mol. The Kier molecular flexibility index (Phi) is 9.24. The maximum atomic E-state index is 13.3. The van der Waals surface area contributed by atoms with Gasteiger partial charge in [0.2, 0.25) is 11.7 Å². The van der Waals surface area contributed by atoms with Gasteiger partial charge in [-0.2, -0.15) is 0 Å². The lowest BCUT2D eigenvalue weighted by Crippen LogP contribution is -2.31. The fourth-order valence-electron chi connectivity index (χ4n) is 4.29. The standard InChI is InChI=1S/C31H32N2O6/c1-36-27-18-23(19-28(37-2)31(27)38-3)14-15-29(34)33(21-22-10-5-4-6-11-22)17-9-16-32-25-20-30(35)39-26-13-8-7-12-24(25)26/h4-8,10-15,18-20,32H,9,16-17,21H2,1-3H3/b15-14+. The molecule has 1 heterocycles. The third kappa shape index (κ3) is 6.98. The molecule has 0 aliphatic carbocycles. The minimum absolute atomic E-state index is 0.126. The third-order valence-electron chi connectivity index (χ3n) is 6.20. The quantitative estimate of drug-likeness (QED) is 0.150. The fourth-order valence-corrected chi connectivity index (χ4v) is 4.29. The van der Waals surface area contributed by atoms with Crippen LogP contribution in [-0.4, -0.2) is 45.2 Å². The summed E-state index contributed by atoms with van der Waals surface area (Å²) in [6.07, 6.45) is 3.95. The van der Waals surface area contributed by atoms with E-state index in [0.717, 1.165) is 16.5 Å². The van der Waals surface area contributed by atoms with Crippen molar-refractivity contribution < 1.29 is 23.4 Å². The molecule has 202 valence electrons. The number of carbonyl (C=O) groups is 1. The number of rotatable bonds is 12. The maximum absolute atomic E-state index is 13.3. The molecule has 0 saturated carbocycles. The Bertz CT molecular complexity index is 1470. The summed E-state index contributed by atoms with van der Waals surface area (Å²) in [6, 6.07) is 22.3. The van der Waals surface area contributed by atoms with Crippen molar-refractivity contribution in [2.75, 3.05) is 39.7 Å². The highest BCUT2D eigenvalue weighted by Crippen LogP contribution is 2.38. The zero-order valence-electron chi connectivity index (χ0n) is 22.3. The van der Waals surface area contributed by atoms with E-state index >= 15 is 0 Å². The predicted molar refractivity (Wildman–Crippen MR) is 153 cm³/mol. The first-order valence-corrected chi connectivity index (χ1v) is 12.6. The number of amides is 1. The molecule has 0 aliphatic rings. The van der Waals surface area contributed by atoms with Crippen LogP contribution in [0.1, 0.15) is 17.5 Å². The van der Waals surface area contributed by atoms with Gasteiger partial charge in [0, 0.05) is 37.2 Å². The monoisotopic (exact) mass is 528 g/mol. The Morgan fingerprint density at radius 3 is 2.31 bits per heavy atom. The second-order valence-corrected chi connectivity index (χ2v) is 8.79. The van der Waals surface area contributed by atoms with Gasteiger partial charge >= 0.3 is 5.63 Å². The average Bonchev–Trinajstić information content (AvgIpc) is 2.97. The summed E-state index contributed by atoms with van der Waals surface area (Å²) < 4.78 is 21.5. The molecular formula is C31H32N2O6. The zero-order valence-corrected chi connectivity index (χ0v) is 22.3. The maximum Gasteiger partial charge on any atom is 0.338 e.